The summed E-state index contributed by atoms with van der Waals surface area (Å²) in [5.74, 6) is 0.528. The van der Waals surface area contributed by atoms with Crippen LogP contribution in [0.1, 0.15) is 17.4 Å². The largest absolute Gasteiger partial charge is 0.493 e. The van der Waals surface area contributed by atoms with Crippen LogP contribution in [0.5, 0.6) is 17.2 Å². The van der Waals surface area contributed by atoms with Crippen LogP contribution in [0, 0.1) is 0 Å². The lowest BCUT2D eigenvalue weighted by Crippen LogP contribution is -2.41. The summed E-state index contributed by atoms with van der Waals surface area (Å²) in [6.45, 7) is 1.59. The number of aromatic amines is 1. The average molecular weight is 404 g/mol. The van der Waals surface area contributed by atoms with Crippen molar-refractivity contribution in [2.24, 2.45) is 0 Å². The van der Waals surface area contributed by atoms with Gasteiger partial charge in [0.2, 0.25) is 11.7 Å². The van der Waals surface area contributed by atoms with Crippen LogP contribution >= 0.6 is 11.3 Å². The number of nitrogens with zero attached hydrogens (tertiary/aromatic N) is 1. The highest BCUT2D eigenvalue weighted by Gasteiger charge is 2.22. The molecule has 0 aliphatic heterocycles. The number of H-pyrrole nitrogens is 1. The van der Waals surface area contributed by atoms with Crippen molar-refractivity contribution in [3.05, 3.63) is 29.4 Å². The van der Waals surface area contributed by atoms with Crippen molar-refractivity contribution in [1.82, 2.24) is 15.3 Å². The SMILES string of the molecule is COc1cc2cc(C(=O)N[C@H](C)C(=O)Nc3nccs3)[nH]c2c(OC)c1OC. The van der Waals surface area contributed by atoms with Crippen molar-refractivity contribution >= 4 is 39.2 Å². The summed E-state index contributed by atoms with van der Waals surface area (Å²) < 4.78 is 16.1. The molecule has 0 radical (unpaired) electrons. The fraction of sp³-hybridized carbons (Fsp3) is 0.278. The van der Waals surface area contributed by atoms with E-state index in [1.165, 1.54) is 32.7 Å². The maximum Gasteiger partial charge on any atom is 0.268 e. The van der Waals surface area contributed by atoms with Crippen LogP contribution < -0.4 is 24.8 Å². The molecule has 9 nitrogen and oxygen atoms in total. The maximum atomic E-state index is 12.6. The third-order valence-corrected chi connectivity index (χ3v) is 4.76. The number of methoxy groups -OCH3 is 3. The predicted octanol–water partition coefficient (Wildman–Crippen LogP) is 2.41. The zero-order valence-corrected chi connectivity index (χ0v) is 16.6. The van der Waals surface area contributed by atoms with Crippen LogP contribution in [0.15, 0.2) is 23.7 Å². The Morgan fingerprint density at radius 2 is 1.89 bits per heavy atom. The summed E-state index contributed by atoms with van der Waals surface area (Å²) >= 11 is 1.30. The van der Waals surface area contributed by atoms with Crippen molar-refractivity contribution in [3.8, 4) is 17.2 Å². The number of hydrogen-bond acceptors (Lipinski definition) is 7. The van der Waals surface area contributed by atoms with Gasteiger partial charge in [0.15, 0.2) is 16.6 Å². The van der Waals surface area contributed by atoms with E-state index in [-0.39, 0.29) is 11.6 Å². The Kier molecular flexibility index (Phi) is 5.69. The number of rotatable bonds is 7. The number of ether oxygens (including phenoxy) is 3. The topological polar surface area (TPSA) is 115 Å². The lowest BCUT2D eigenvalue weighted by molar-refractivity contribution is -0.117. The molecule has 0 saturated heterocycles. The Bertz CT molecular complexity index is 999. The normalized spacial score (nSPS) is 11.7. The first kappa shape index (κ1) is 19.5. The van der Waals surface area contributed by atoms with E-state index >= 15 is 0 Å². The molecule has 0 bridgehead atoms. The Balaban J connectivity index is 1.82. The monoisotopic (exact) mass is 404 g/mol. The Morgan fingerprint density at radius 1 is 1.14 bits per heavy atom. The third kappa shape index (κ3) is 3.72. The molecule has 0 spiro atoms. The van der Waals surface area contributed by atoms with Crippen molar-refractivity contribution in [2.75, 3.05) is 26.6 Å². The highest BCUT2D eigenvalue weighted by molar-refractivity contribution is 7.13. The zero-order valence-electron chi connectivity index (χ0n) is 15.8. The molecule has 3 rings (SSSR count). The third-order valence-electron chi connectivity index (χ3n) is 4.07. The maximum absolute atomic E-state index is 12.6. The van der Waals surface area contributed by atoms with E-state index in [0.29, 0.717) is 33.3 Å². The summed E-state index contributed by atoms with van der Waals surface area (Å²) in [6.07, 6.45) is 1.59. The van der Waals surface area contributed by atoms with Crippen LogP contribution in [0.25, 0.3) is 10.9 Å². The standard InChI is InChI=1S/C18H20N4O5S/c1-9(16(23)22-18-19-5-6-28-18)20-17(24)11-7-10-8-12(25-2)14(26-3)15(27-4)13(10)21-11/h5-9,21H,1-4H3,(H,20,24)(H,19,22,23)/t9-/m1/s1. The second-order valence-corrected chi connectivity index (χ2v) is 6.71. The van der Waals surface area contributed by atoms with Crippen LogP contribution in [-0.2, 0) is 4.79 Å². The molecule has 0 saturated carbocycles. The first-order valence-electron chi connectivity index (χ1n) is 8.31. The van der Waals surface area contributed by atoms with Crippen LogP contribution in [0.4, 0.5) is 5.13 Å². The molecule has 0 aliphatic rings. The number of anilines is 1. The minimum Gasteiger partial charge on any atom is -0.493 e. The zero-order chi connectivity index (χ0) is 20.3. The summed E-state index contributed by atoms with van der Waals surface area (Å²) in [6, 6.07) is 2.64. The molecule has 1 aromatic carbocycles. The molecule has 28 heavy (non-hydrogen) atoms. The van der Waals surface area contributed by atoms with E-state index in [4.69, 9.17) is 14.2 Å². The quantitative estimate of drug-likeness (QED) is 0.557. The van der Waals surface area contributed by atoms with Gasteiger partial charge in [-0.3, -0.25) is 9.59 Å². The van der Waals surface area contributed by atoms with Crippen LogP contribution in [0.2, 0.25) is 0 Å². The molecule has 2 heterocycles. The summed E-state index contributed by atoms with van der Waals surface area (Å²) in [7, 11) is 4.53. The number of aromatic nitrogens is 2. The van der Waals surface area contributed by atoms with Gasteiger partial charge < -0.3 is 29.8 Å². The first-order chi connectivity index (χ1) is 13.5. The number of nitrogens with one attached hydrogen (secondary N) is 3. The molecular formula is C18H20N4O5S. The van der Waals surface area contributed by atoms with Crippen LogP contribution in [-0.4, -0.2) is 49.2 Å². The van der Waals surface area contributed by atoms with Crippen molar-refractivity contribution in [1.29, 1.82) is 0 Å². The van der Waals surface area contributed by atoms with Crippen molar-refractivity contribution in [3.63, 3.8) is 0 Å². The number of thiazole rings is 1. The van der Waals surface area contributed by atoms with Gasteiger partial charge in [-0.2, -0.15) is 0 Å². The van der Waals surface area contributed by atoms with E-state index in [1.807, 2.05) is 0 Å². The molecule has 2 amide bonds. The Morgan fingerprint density at radius 3 is 2.50 bits per heavy atom. The van der Waals surface area contributed by atoms with Crippen LogP contribution in [0.3, 0.4) is 0 Å². The fourth-order valence-corrected chi connectivity index (χ4v) is 3.24. The van der Waals surface area contributed by atoms with E-state index in [1.54, 1.807) is 30.6 Å². The van der Waals surface area contributed by atoms with E-state index in [9.17, 15) is 9.59 Å². The highest BCUT2D eigenvalue weighted by atomic mass is 32.1. The predicted molar refractivity (Wildman–Crippen MR) is 106 cm³/mol. The molecule has 3 aromatic rings. The molecule has 1 atom stereocenters. The number of carbonyl (C=O) groups excluding carboxylic acids is 2. The second kappa shape index (κ2) is 8.17. The molecule has 10 heteroatoms. The van der Waals surface area contributed by atoms with Gasteiger partial charge in [0.05, 0.1) is 26.8 Å². The lowest BCUT2D eigenvalue weighted by atomic mass is 10.2. The molecule has 0 unspecified atom stereocenters. The average Bonchev–Trinajstić information content (AvgIpc) is 3.35. The molecule has 148 valence electrons. The molecule has 3 N–H and O–H groups in total. The molecule has 0 fully saturated rings. The molecular weight excluding hydrogens is 384 g/mol. The number of fused-ring (bicyclic) bond motifs is 1. The van der Waals surface area contributed by atoms with E-state index in [0.717, 1.165) is 0 Å². The van der Waals surface area contributed by atoms with Gasteiger partial charge in [-0.1, -0.05) is 0 Å². The number of amides is 2. The lowest BCUT2D eigenvalue weighted by Gasteiger charge is -2.13. The molecule has 0 aliphatic carbocycles. The Labute approximate surface area is 165 Å². The minimum atomic E-state index is -0.756. The van der Waals surface area contributed by atoms with Gasteiger partial charge in [-0.15, -0.1) is 11.3 Å². The van der Waals surface area contributed by atoms with Gasteiger partial charge in [-0.05, 0) is 19.1 Å². The number of benzene rings is 1. The van der Waals surface area contributed by atoms with Gasteiger partial charge in [0.25, 0.3) is 5.91 Å². The highest BCUT2D eigenvalue weighted by Crippen LogP contribution is 2.43. The minimum absolute atomic E-state index is 0.275. The van der Waals surface area contributed by atoms with Gasteiger partial charge >= 0.3 is 0 Å². The summed E-state index contributed by atoms with van der Waals surface area (Å²) in [5, 5.41) is 8.23. The molecule has 2 aromatic heterocycles. The number of hydrogen-bond donors (Lipinski definition) is 3. The summed E-state index contributed by atoms with van der Waals surface area (Å²) in [4.78, 5) is 31.8. The van der Waals surface area contributed by atoms with Crippen molar-refractivity contribution < 1.29 is 23.8 Å². The van der Waals surface area contributed by atoms with Gasteiger partial charge in [0.1, 0.15) is 11.7 Å². The summed E-state index contributed by atoms with van der Waals surface area (Å²) in [5.41, 5.74) is 0.864. The second-order valence-electron chi connectivity index (χ2n) is 5.81. The van der Waals surface area contributed by atoms with E-state index < -0.39 is 11.9 Å². The first-order valence-corrected chi connectivity index (χ1v) is 9.19. The van der Waals surface area contributed by atoms with Gasteiger partial charge in [-0.25, -0.2) is 4.98 Å². The van der Waals surface area contributed by atoms with Crippen molar-refractivity contribution in [2.45, 2.75) is 13.0 Å². The van der Waals surface area contributed by atoms with E-state index in [2.05, 4.69) is 20.6 Å². The number of carbonyl (C=O) groups is 2. The smallest absolute Gasteiger partial charge is 0.268 e. The fourth-order valence-electron chi connectivity index (χ4n) is 2.71. The van der Waals surface area contributed by atoms with Gasteiger partial charge in [0, 0.05) is 17.0 Å². The Hall–Kier alpha value is -3.27.